The maximum Gasteiger partial charge on any atom is 0.260 e. The van der Waals surface area contributed by atoms with Crippen molar-refractivity contribution in [3.05, 3.63) is 64.6 Å². The maximum atomic E-state index is 13.7. The number of anilines is 1. The predicted molar refractivity (Wildman–Crippen MR) is 125 cm³/mol. The van der Waals surface area contributed by atoms with Gasteiger partial charge in [0.2, 0.25) is 5.75 Å². The molecule has 0 spiro atoms. The van der Waals surface area contributed by atoms with Crippen molar-refractivity contribution in [3.63, 3.8) is 0 Å². The van der Waals surface area contributed by atoms with E-state index in [1.165, 1.54) is 32.7 Å². The van der Waals surface area contributed by atoms with E-state index in [0.717, 1.165) is 15.8 Å². The van der Waals surface area contributed by atoms with Gasteiger partial charge in [-0.15, -0.1) is 0 Å². The molecule has 2 heterocycles. The predicted octanol–water partition coefficient (Wildman–Crippen LogP) is 5.72. The lowest BCUT2D eigenvalue weighted by molar-refractivity contribution is 0.0982. The summed E-state index contributed by atoms with van der Waals surface area (Å²) in [5.74, 6) is 1.53. The normalized spacial score (nSPS) is 10.9. The number of carbonyl (C=O) groups is 1. The van der Waals surface area contributed by atoms with E-state index in [1.54, 1.807) is 29.4 Å². The number of nitrogens with zero attached hydrogens (tertiary/aromatic N) is 2. The molecule has 4 rings (SSSR count). The molecule has 0 aliphatic heterocycles. The summed E-state index contributed by atoms with van der Waals surface area (Å²) < 4.78 is 22.6. The number of carbonyl (C=O) groups excluding carboxylic acids is 1. The second-order valence-electron chi connectivity index (χ2n) is 6.90. The van der Waals surface area contributed by atoms with Crippen molar-refractivity contribution in [2.24, 2.45) is 0 Å². The molecular weight excluding hydrogens is 452 g/mol. The number of furan rings is 1. The first-order valence-electron chi connectivity index (χ1n) is 9.66. The Morgan fingerprint density at radius 3 is 2.44 bits per heavy atom. The molecule has 7 nitrogen and oxygen atoms in total. The van der Waals surface area contributed by atoms with Crippen LogP contribution in [-0.4, -0.2) is 32.2 Å². The van der Waals surface area contributed by atoms with Crippen LogP contribution in [-0.2, 0) is 6.54 Å². The third-order valence-electron chi connectivity index (χ3n) is 5.02. The molecular formula is C23H21ClN2O5S. The molecule has 0 unspecified atom stereocenters. The Labute approximate surface area is 194 Å². The van der Waals surface area contributed by atoms with Crippen LogP contribution in [0, 0.1) is 6.92 Å². The molecule has 9 heteroatoms. The van der Waals surface area contributed by atoms with Crippen LogP contribution in [0.4, 0.5) is 5.13 Å². The number of ether oxygens (including phenoxy) is 3. The Morgan fingerprint density at radius 2 is 1.84 bits per heavy atom. The number of fused-ring (bicyclic) bond motifs is 1. The quantitative estimate of drug-likeness (QED) is 0.342. The molecule has 2 aromatic carbocycles. The lowest BCUT2D eigenvalue weighted by atomic mass is 10.1. The Morgan fingerprint density at radius 1 is 1.12 bits per heavy atom. The summed E-state index contributed by atoms with van der Waals surface area (Å²) in [6.07, 6.45) is 1.57. The van der Waals surface area contributed by atoms with Gasteiger partial charge in [-0.25, -0.2) is 4.98 Å². The highest BCUT2D eigenvalue weighted by Gasteiger charge is 2.26. The molecule has 166 valence electrons. The number of aryl methyl sites for hydroxylation is 1. The highest BCUT2D eigenvalue weighted by Crippen LogP contribution is 2.40. The second kappa shape index (κ2) is 9.10. The van der Waals surface area contributed by atoms with Crippen LogP contribution in [0.15, 0.2) is 47.1 Å². The van der Waals surface area contributed by atoms with E-state index in [4.69, 9.17) is 35.2 Å². The third-order valence-corrected chi connectivity index (χ3v) is 6.47. The summed E-state index contributed by atoms with van der Waals surface area (Å²) in [6.45, 7) is 2.11. The smallest absolute Gasteiger partial charge is 0.260 e. The van der Waals surface area contributed by atoms with Crippen LogP contribution in [0.25, 0.3) is 10.2 Å². The van der Waals surface area contributed by atoms with Gasteiger partial charge in [0.25, 0.3) is 5.91 Å². The summed E-state index contributed by atoms with van der Waals surface area (Å²) in [7, 11) is 4.53. The lowest BCUT2D eigenvalue weighted by Crippen LogP contribution is -2.30. The van der Waals surface area contributed by atoms with Gasteiger partial charge in [0, 0.05) is 10.6 Å². The number of rotatable bonds is 7. The highest BCUT2D eigenvalue weighted by molar-refractivity contribution is 7.22. The average Bonchev–Trinajstić information content (AvgIpc) is 3.48. The number of methoxy groups -OCH3 is 3. The fourth-order valence-electron chi connectivity index (χ4n) is 3.35. The van der Waals surface area contributed by atoms with E-state index >= 15 is 0 Å². The minimum atomic E-state index is -0.288. The Hall–Kier alpha value is -3.23. The Bertz CT molecular complexity index is 1240. The number of benzene rings is 2. The molecule has 0 saturated heterocycles. The van der Waals surface area contributed by atoms with E-state index in [2.05, 4.69) is 0 Å². The van der Waals surface area contributed by atoms with Crippen LogP contribution >= 0.6 is 22.9 Å². The molecule has 0 radical (unpaired) electrons. The summed E-state index contributed by atoms with van der Waals surface area (Å²) in [5, 5.41) is 1.16. The molecule has 1 amide bonds. The zero-order valence-corrected chi connectivity index (χ0v) is 19.5. The fourth-order valence-corrected chi connectivity index (χ4v) is 4.52. The summed E-state index contributed by atoms with van der Waals surface area (Å²) >= 11 is 7.68. The van der Waals surface area contributed by atoms with Gasteiger partial charge in [0.1, 0.15) is 5.76 Å². The van der Waals surface area contributed by atoms with E-state index in [9.17, 15) is 4.79 Å². The monoisotopic (exact) mass is 472 g/mol. The van der Waals surface area contributed by atoms with Crippen molar-refractivity contribution < 1.29 is 23.4 Å². The van der Waals surface area contributed by atoms with Gasteiger partial charge in [-0.3, -0.25) is 9.69 Å². The molecule has 2 aromatic heterocycles. The summed E-state index contributed by atoms with van der Waals surface area (Å²) in [4.78, 5) is 20.0. The van der Waals surface area contributed by atoms with Crippen molar-refractivity contribution in [3.8, 4) is 17.2 Å². The van der Waals surface area contributed by atoms with E-state index < -0.39 is 0 Å². The zero-order valence-electron chi connectivity index (χ0n) is 18.0. The molecule has 0 aliphatic rings. The number of halogens is 1. The van der Waals surface area contributed by atoms with Crippen LogP contribution in [0.5, 0.6) is 17.2 Å². The molecule has 0 N–H and O–H groups in total. The van der Waals surface area contributed by atoms with E-state index in [1.807, 2.05) is 25.1 Å². The number of thiazole rings is 1. The minimum absolute atomic E-state index is 0.203. The molecule has 32 heavy (non-hydrogen) atoms. The second-order valence-corrected chi connectivity index (χ2v) is 8.32. The molecule has 0 fully saturated rings. The van der Waals surface area contributed by atoms with Gasteiger partial charge in [-0.05, 0) is 48.9 Å². The van der Waals surface area contributed by atoms with E-state index in [-0.39, 0.29) is 12.5 Å². The number of hydrogen-bond donors (Lipinski definition) is 0. The largest absolute Gasteiger partial charge is 0.493 e. The Balaban J connectivity index is 1.83. The first kappa shape index (κ1) is 22.0. The lowest BCUT2D eigenvalue weighted by Gasteiger charge is -2.20. The number of hydrogen-bond acceptors (Lipinski definition) is 7. The third kappa shape index (κ3) is 3.99. The summed E-state index contributed by atoms with van der Waals surface area (Å²) in [5.41, 5.74) is 1.99. The summed E-state index contributed by atoms with van der Waals surface area (Å²) in [6, 6.07) is 10.6. The van der Waals surface area contributed by atoms with Crippen LogP contribution in [0.3, 0.4) is 0 Å². The molecule has 0 aliphatic carbocycles. The van der Waals surface area contributed by atoms with Gasteiger partial charge in [-0.2, -0.15) is 0 Å². The zero-order chi connectivity index (χ0) is 22.8. The minimum Gasteiger partial charge on any atom is -0.493 e. The molecule has 0 atom stereocenters. The van der Waals surface area contributed by atoms with Gasteiger partial charge in [-0.1, -0.05) is 22.9 Å². The van der Waals surface area contributed by atoms with Gasteiger partial charge >= 0.3 is 0 Å². The van der Waals surface area contributed by atoms with Crippen molar-refractivity contribution in [2.75, 3.05) is 26.2 Å². The molecule has 4 aromatic rings. The fraction of sp³-hybridized carbons (Fsp3) is 0.217. The van der Waals surface area contributed by atoms with Gasteiger partial charge in [0.15, 0.2) is 16.6 Å². The van der Waals surface area contributed by atoms with Gasteiger partial charge in [0.05, 0.1) is 44.4 Å². The SMILES string of the molecule is COc1cc(C(=O)N(Cc2ccco2)c2nc3c(C)c(Cl)ccc3s2)cc(OC)c1OC. The number of amides is 1. The van der Waals surface area contributed by atoms with Crippen molar-refractivity contribution in [1.82, 2.24) is 4.98 Å². The van der Waals surface area contributed by atoms with Crippen molar-refractivity contribution in [1.29, 1.82) is 0 Å². The van der Waals surface area contributed by atoms with E-state index in [0.29, 0.717) is 38.7 Å². The number of aromatic nitrogens is 1. The first-order chi connectivity index (χ1) is 15.5. The first-order valence-corrected chi connectivity index (χ1v) is 10.9. The van der Waals surface area contributed by atoms with Crippen molar-refractivity contribution in [2.45, 2.75) is 13.5 Å². The van der Waals surface area contributed by atoms with Crippen molar-refractivity contribution >= 4 is 44.2 Å². The van der Waals surface area contributed by atoms with Gasteiger partial charge < -0.3 is 18.6 Å². The average molecular weight is 473 g/mol. The van der Waals surface area contributed by atoms with Crippen LogP contribution in [0.1, 0.15) is 21.7 Å². The topological polar surface area (TPSA) is 74.0 Å². The maximum absolute atomic E-state index is 13.7. The molecule has 0 bridgehead atoms. The van der Waals surface area contributed by atoms with Crippen LogP contribution in [0.2, 0.25) is 5.02 Å². The highest BCUT2D eigenvalue weighted by atomic mass is 35.5. The Kier molecular flexibility index (Phi) is 6.25. The standard InChI is InChI=1S/C23H21ClN2O5S/c1-13-16(24)7-8-19-20(13)25-23(32-19)26(12-15-6-5-9-31-15)22(27)14-10-17(28-2)21(30-4)18(11-14)29-3/h5-11H,12H2,1-4H3. The van der Waals surface area contributed by atoms with Crippen LogP contribution < -0.4 is 19.1 Å². The molecule has 0 saturated carbocycles.